The van der Waals surface area contributed by atoms with Crippen molar-refractivity contribution < 1.29 is 24.3 Å². The predicted molar refractivity (Wildman–Crippen MR) is 152 cm³/mol. The number of aliphatic carboxylic acids is 1. The van der Waals surface area contributed by atoms with E-state index in [1.165, 1.54) is 23.8 Å². The first-order chi connectivity index (χ1) is 18.5. The van der Waals surface area contributed by atoms with E-state index >= 15 is 0 Å². The van der Waals surface area contributed by atoms with Gasteiger partial charge in [-0.2, -0.15) is 0 Å². The van der Waals surface area contributed by atoms with Gasteiger partial charge in [0.05, 0.1) is 10.6 Å². The minimum Gasteiger partial charge on any atom is -0.477 e. The molecular weight excluding hydrogens is 563 g/mol. The number of amides is 2. The first-order valence-corrected chi connectivity index (χ1v) is 14.7. The van der Waals surface area contributed by atoms with Crippen LogP contribution in [0.15, 0.2) is 50.2 Å². The van der Waals surface area contributed by atoms with Gasteiger partial charge in [0.25, 0.3) is 11.8 Å². The Balaban J connectivity index is 1.30. The molecule has 12 nitrogen and oxygen atoms in total. The van der Waals surface area contributed by atoms with E-state index < -0.39 is 29.2 Å². The fraction of sp³-hybridized carbons (Fsp3) is 0.417. The smallest absolute Gasteiger partial charge is 0.352 e. The normalized spacial score (nSPS) is 24.6. The number of carboxylic acids is 1. The average molecular weight is 590 g/mol. The van der Waals surface area contributed by atoms with Crippen molar-refractivity contribution in [3.05, 3.63) is 45.7 Å². The predicted octanol–water partition coefficient (Wildman–Crippen LogP) is 2.05. The van der Waals surface area contributed by atoms with E-state index in [2.05, 4.69) is 36.2 Å². The number of nitrogens with two attached hydrogens (primary N) is 1. The van der Waals surface area contributed by atoms with Gasteiger partial charge in [0.1, 0.15) is 35.3 Å². The maximum Gasteiger partial charge on any atom is 0.352 e. The minimum absolute atomic E-state index is 0.0100. The van der Waals surface area contributed by atoms with E-state index in [0.29, 0.717) is 17.9 Å². The van der Waals surface area contributed by atoms with E-state index in [9.17, 15) is 19.5 Å². The second-order valence-corrected chi connectivity index (χ2v) is 13.3. The summed E-state index contributed by atoms with van der Waals surface area (Å²) in [6.07, 6.45) is 5.78. The Morgan fingerprint density at radius 3 is 2.77 bits per heavy atom. The highest BCUT2D eigenvalue weighted by molar-refractivity contribution is 8.05. The maximum absolute atomic E-state index is 13.1. The lowest BCUT2D eigenvalue weighted by molar-refractivity contribution is -0.150. The number of carbonyl (C=O) groups is 3. The van der Waals surface area contributed by atoms with Crippen molar-refractivity contribution in [3.63, 3.8) is 0 Å². The zero-order valence-corrected chi connectivity index (χ0v) is 24.0. The number of hydrogen-bond acceptors (Lipinski definition) is 12. The molecule has 3 atom stereocenters. The number of nitrogens with zero attached hydrogens (tertiary/aromatic N) is 5. The molecular formula is C24H27N7O5S3. The third kappa shape index (κ3) is 5.17. The summed E-state index contributed by atoms with van der Waals surface area (Å²) in [5.74, 6) is -1.98. The lowest BCUT2D eigenvalue weighted by Crippen LogP contribution is -2.71. The number of thioether (sulfide) groups is 2. The molecule has 4 aliphatic heterocycles. The van der Waals surface area contributed by atoms with Gasteiger partial charge in [0.2, 0.25) is 0 Å². The van der Waals surface area contributed by atoms with E-state index in [1.54, 1.807) is 17.1 Å². The maximum atomic E-state index is 13.1. The van der Waals surface area contributed by atoms with Gasteiger partial charge in [-0.1, -0.05) is 37.7 Å². The highest BCUT2D eigenvalue weighted by Gasteiger charge is 2.54. The minimum atomic E-state index is -1.19. The average Bonchev–Trinajstić information content (AvgIpc) is 3.51. The molecule has 0 radical (unpaired) electrons. The summed E-state index contributed by atoms with van der Waals surface area (Å²) in [6, 6.07) is -0.920. The standard InChI is InChI=1S/C24H27N7O5S3/c1-24(2,3)22-26-12-5-6-30(8-14(12)39-22)7-11-9-37-20-16(19(33)31(20)17(11)21(34)35)28-18(32)15(29-36-4)13-10-38-23(25)27-13/h5-6,8,10,16,20,22H,7,9H2,1-4H3,(H2,25,27)(H,28,32)(H,34,35)/b29-15-/t16?,20-,22?/m1/s1. The molecule has 0 aliphatic carbocycles. The Bertz CT molecular complexity index is 1390. The van der Waals surface area contributed by atoms with Gasteiger partial charge in [-0.15, -0.1) is 23.1 Å². The topological polar surface area (TPSA) is 163 Å². The summed E-state index contributed by atoms with van der Waals surface area (Å²) in [7, 11) is 1.29. The molecule has 1 saturated heterocycles. The van der Waals surface area contributed by atoms with E-state index in [1.807, 2.05) is 23.4 Å². The second-order valence-electron chi connectivity index (χ2n) is 10.1. The number of anilines is 1. The fourth-order valence-electron chi connectivity index (χ4n) is 4.37. The number of thiazole rings is 1. The number of oxime groups is 1. The molecule has 1 aromatic heterocycles. The fourth-order valence-corrected chi connectivity index (χ4v) is 7.46. The van der Waals surface area contributed by atoms with Crippen LogP contribution in [0.5, 0.6) is 0 Å². The summed E-state index contributed by atoms with van der Waals surface area (Å²) < 4.78 is 0. The number of nitrogen functional groups attached to an aromatic ring is 1. The molecule has 0 aromatic carbocycles. The molecule has 5 heterocycles. The van der Waals surface area contributed by atoms with Gasteiger partial charge in [-0.25, -0.2) is 9.78 Å². The highest BCUT2D eigenvalue weighted by atomic mass is 32.2. The lowest BCUT2D eigenvalue weighted by Gasteiger charge is -2.49. The molecule has 5 rings (SSSR count). The number of aromatic nitrogens is 1. The number of rotatable bonds is 7. The zero-order chi connectivity index (χ0) is 28.1. The number of carbonyl (C=O) groups excluding carboxylic acids is 2. The number of carboxylic acid groups (broad SMARTS) is 1. The van der Waals surface area contributed by atoms with Crippen molar-refractivity contribution in [1.82, 2.24) is 20.1 Å². The van der Waals surface area contributed by atoms with Gasteiger partial charge in [0, 0.05) is 30.1 Å². The molecule has 39 heavy (non-hydrogen) atoms. The molecule has 15 heteroatoms. The Kier molecular flexibility index (Phi) is 7.24. The van der Waals surface area contributed by atoms with Crippen molar-refractivity contribution in [2.24, 2.45) is 15.6 Å². The van der Waals surface area contributed by atoms with Crippen LogP contribution in [0.3, 0.4) is 0 Å². The van der Waals surface area contributed by atoms with Crippen LogP contribution in [-0.2, 0) is 19.2 Å². The van der Waals surface area contributed by atoms with Crippen molar-refractivity contribution in [1.29, 1.82) is 0 Å². The molecule has 4 aliphatic rings. The van der Waals surface area contributed by atoms with Crippen molar-refractivity contribution >= 4 is 69.2 Å². The van der Waals surface area contributed by atoms with Crippen molar-refractivity contribution in [3.8, 4) is 0 Å². The molecule has 1 aromatic rings. The Morgan fingerprint density at radius 2 is 2.13 bits per heavy atom. The van der Waals surface area contributed by atoms with Crippen LogP contribution >= 0.6 is 34.9 Å². The molecule has 0 spiro atoms. The Morgan fingerprint density at radius 1 is 1.36 bits per heavy atom. The number of aliphatic imine (C=N–C) groups is 1. The van der Waals surface area contributed by atoms with Gasteiger partial charge >= 0.3 is 5.97 Å². The molecule has 4 N–H and O–H groups in total. The van der Waals surface area contributed by atoms with Crippen LogP contribution in [0, 0.1) is 5.41 Å². The second kappa shape index (κ2) is 10.4. The lowest BCUT2D eigenvalue weighted by atomic mass is 9.97. The summed E-state index contributed by atoms with van der Waals surface area (Å²) >= 11 is 4.22. The molecule has 206 valence electrons. The number of allylic oxidation sites excluding steroid dienone is 2. The third-order valence-corrected chi connectivity index (χ3v) is 9.89. The van der Waals surface area contributed by atoms with Crippen LogP contribution in [-0.4, -0.2) is 85.3 Å². The van der Waals surface area contributed by atoms with Crippen LogP contribution in [0.4, 0.5) is 5.13 Å². The molecule has 0 saturated carbocycles. The van der Waals surface area contributed by atoms with E-state index in [0.717, 1.165) is 22.0 Å². The molecule has 0 bridgehead atoms. The number of β-lactam (4-membered cyclic amide) rings is 1. The SMILES string of the molecule is CO/N=C(\C(=O)NC1C(=O)N2C(C(=O)O)=C(CN3C=CC4=NC(C(C)(C)C)SC4=C3)CS[C@H]12)c1csc(N)n1. The van der Waals surface area contributed by atoms with Gasteiger partial charge in [-0.3, -0.25) is 19.5 Å². The third-order valence-electron chi connectivity index (χ3n) is 6.27. The van der Waals surface area contributed by atoms with Crippen molar-refractivity contribution in [2.45, 2.75) is 37.6 Å². The largest absolute Gasteiger partial charge is 0.477 e. The van der Waals surface area contributed by atoms with E-state index in [-0.39, 0.29) is 33.0 Å². The zero-order valence-electron chi connectivity index (χ0n) is 21.6. The molecule has 1 fully saturated rings. The number of hydrogen-bond donors (Lipinski definition) is 3. The van der Waals surface area contributed by atoms with Gasteiger partial charge in [0.15, 0.2) is 10.8 Å². The van der Waals surface area contributed by atoms with E-state index in [4.69, 9.17) is 15.6 Å². The summed E-state index contributed by atoms with van der Waals surface area (Å²) in [5, 5.41) is 17.8. The Labute approximate surface area is 237 Å². The first-order valence-electron chi connectivity index (χ1n) is 11.9. The monoisotopic (exact) mass is 589 g/mol. The summed E-state index contributed by atoms with van der Waals surface area (Å²) in [6.45, 7) is 6.75. The highest BCUT2D eigenvalue weighted by Crippen LogP contribution is 2.44. The van der Waals surface area contributed by atoms with Crippen LogP contribution in [0.1, 0.15) is 26.5 Å². The molecule has 2 amide bonds. The van der Waals surface area contributed by atoms with Crippen LogP contribution in [0.25, 0.3) is 0 Å². The number of fused-ring (bicyclic) bond motifs is 2. The van der Waals surface area contributed by atoms with Gasteiger partial charge in [-0.05, 0) is 17.1 Å². The summed E-state index contributed by atoms with van der Waals surface area (Å²) in [4.78, 5) is 56.2. The van der Waals surface area contributed by atoms with Crippen molar-refractivity contribution in [2.75, 3.05) is 25.1 Å². The quantitative estimate of drug-likeness (QED) is 0.244. The van der Waals surface area contributed by atoms with Crippen LogP contribution in [0.2, 0.25) is 0 Å². The number of nitrogens with one attached hydrogen (secondary N) is 1. The van der Waals surface area contributed by atoms with Crippen LogP contribution < -0.4 is 11.1 Å². The first kappa shape index (κ1) is 27.3. The summed E-state index contributed by atoms with van der Waals surface area (Å²) in [5.41, 5.74) is 7.26. The molecule has 2 unspecified atom stereocenters. The van der Waals surface area contributed by atoms with Gasteiger partial charge < -0.3 is 25.9 Å². The Hall–Kier alpha value is -3.30.